The van der Waals surface area contributed by atoms with Gasteiger partial charge in [-0.05, 0) is 31.5 Å². The van der Waals surface area contributed by atoms with Gasteiger partial charge in [-0.15, -0.1) is 0 Å². The average molecular weight is 280 g/mol. The predicted octanol–water partition coefficient (Wildman–Crippen LogP) is 1.45. The van der Waals surface area contributed by atoms with Crippen LogP contribution >= 0.6 is 0 Å². The Morgan fingerprint density at radius 2 is 2.10 bits per heavy atom. The van der Waals surface area contributed by atoms with Crippen LogP contribution in [0.15, 0.2) is 18.2 Å². The molecule has 0 saturated heterocycles. The van der Waals surface area contributed by atoms with Gasteiger partial charge < -0.3 is 16.0 Å². The van der Waals surface area contributed by atoms with E-state index in [9.17, 15) is 14.9 Å². The van der Waals surface area contributed by atoms with E-state index in [2.05, 4.69) is 5.32 Å². The normalized spacial score (nSPS) is 10.2. The molecule has 110 valence electrons. The van der Waals surface area contributed by atoms with Crippen molar-refractivity contribution in [2.75, 3.05) is 32.5 Å². The van der Waals surface area contributed by atoms with E-state index < -0.39 is 4.92 Å². The smallest absolute Gasteiger partial charge is 0.292 e. The average Bonchev–Trinajstić information content (AvgIpc) is 2.42. The lowest BCUT2D eigenvalue weighted by Crippen LogP contribution is -2.21. The van der Waals surface area contributed by atoms with Crippen LogP contribution in [0.25, 0.3) is 0 Å². The zero-order valence-electron chi connectivity index (χ0n) is 11.8. The van der Waals surface area contributed by atoms with E-state index in [0.29, 0.717) is 24.3 Å². The number of carbonyl (C=O) groups is 1. The predicted molar refractivity (Wildman–Crippen MR) is 77.9 cm³/mol. The number of carbonyl (C=O) groups excluding carboxylic acids is 1. The molecular formula is C13H20N4O3. The lowest BCUT2D eigenvalue weighted by Gasteiger charge is -2.12. The Labute approximate surface area is 117 Å². The number of hydrogen-bond acceptors (Lipinski definition) is 5. The van der Waals surface area contributed by atoms with Crippen LogP contribution < -0.4 is 11.1 Å². The lowest BCUT2D eigenvalue weighted by molar-refractivity contribution is -0.384. The molecule has 7 nitrogen and oxygen atoms in total. The van der Waals surface area contributed by atoms with Crippen molar-refractivity contribution < 1.29 is 9.72 Å². The number of benzene rings is 1. The Morgan fingerprint density at radius 1 is 1.40 bits per heavy atom. The summed E-state index contributed by atoms with van der Waals surface area (Å²) in [6.07, 6.45) is 1.66. The van der Waals surface area contributed by atoms with E-state index in [-0.39, 0.29) is 11.6 Å². The van der Waals surface area contributed by atoms with E-state index in [0.717, 1.165) is 12.8 Å². The number of nitro benzene ring substituents is 1. The molecule has 0 aliphatic heterocycles. The summed E-state index contributed by atoms with van der Waals surface area (Å²) in [6.45, 7) is 1.17. The molecule has 0 atom stereocenters. The minimum absolute atomic E-state index is 0.0342. The summed E-state index contributed by atoms with van der Waals surface area (Å²) in [6, 6.07) is 4.33. The molecule has 1 aromatic rings. The quantitative estimate of drug-likeness (QED) is 0.447. The molecule has 0 saturated carbocycles. The molecule has 1 aromatic carbocycles. The first kappa shape index (κ1) is 15.9. The van der Waals surface area contributed by atoms with Gasteiger partial charge in [-0.25, -0.2) is 0 Å². The maximum Gasteiger partial charge on any atom is 0.292 e. The summed E-state index contributed by atoms with van der Waals surface area (Å²) in [4.78, 5) is 23.8. The second kappa shape index (κ2) is 7.44. The third kappa shape index (κ3) is 4.20. The number of rotatable bonds is 7. The fraction of sp³-hybridized carbons (Fsp3) is 0.462. The molecule has 1 amide bonds. The highest BCUT2D eigenvalue weighted by Crippen LogP contribution is 2.26. The summed E-state index contributed by atoms with van der Waals surface area (Å²) in [5.74, 6) is -0.190. The second-order valence-electron chi connectivity index (χ2n) is 4.61. The summed E-state index contributed by atoms with van der Waals surface area (Å²) in [5, 5.41) is 14.0. The van der Waals surface area contributed by atoms with Crippen LogP contribution in [0, 0.1) is 10.1 Å². The Balaban J connectivity index is 2.94. The molecule has 0 aliphatic rings. The van der Waals surface area contributed by atoms with Gasteiger partial charge in [0, 0.05) is 32.3 Å². The van der Waals surface area contributed by atoms with Crippen LogP contribution in [0.3, 0.4) is 0 Å². The Hall–Kier alpha value is -2.15. The number of nitrogens with zero attached hydrogens (tertiary/aromatic N) is 2. The third-order valence-corrected chi connectivity index (χ3v) is 2.79. The molecule has 3 N–H and O–H groups in total. The first-order valence-corrected chi connectivity index (χ1v) is 6.41. The zero-order valence-corrected chi connectivity index (χ0v) is 11.8. The molecule has 0 aliphatic carbocycles. The van der Waals surface area contributed by atoms with Gasteiger partial charge in [0.2, 0.25) is 0 Å². The molecule has 7 heteroatoms. The van der Waals surface area contributed by atoms with Crippen LogP contribution in [-0.2, 0) is 0 Å². The third-order valence-electron chi connectivity index (χ3n) is 2.79. The molecule has 0 bridgehead atoms. The molecule has 0 spiro atoms. The van der Waals surface area contributed by atoms with Gasteiger partial charge in [-0.2, -0.15) is 0 Å². The number of nitrogens with one attached hydrogen (secondary N) is 1. The minimum atomic E-state index is -0.463. The number of nitro groups is 1. The van der Waals surface area contributed by atoms with Crippen LogP contribution in [-0.4, -0.2) is 42.9 Å². The van der Waals surface area contributed by atoms with E-state index in [4.69, 9.17) is 5.73 Å². The van der Waals surface area contributed by atoms with E-state index >= 15 is 0 Å². The minimum Gasteiger partial charge on any atom is -0.379 e. The van der Waals surface area contributed by atoms with E-state index in [1.165, 1.54) is 23.1 Å². The molecule has 20 heavy (non-hydrogen) atoms. The fourth-order valence-corrected chi connectivity index (χ4v) is 1.72. The zero-order chi connectivity index (χ0) is 15.1. The molecule has 1 rings (SSSR count). The van der Waals surface area contributed by atoms with Gasteiger partial charge in [0.1, 0.15) is 5.69 Å². The van der Waals surface area contributed by atoms with Crippen molar-refractivity contribution >= 4 is 17.3 Å². The van der Waals surface area contributed by atoms with Crippen molar-refractivity contribution in [2.24, 2.45) is 5.73 Å². The molecule has 0 radical (unpaired) electrons. The number of nitrogens with two attached hydrogens (primary N) is 1. The van der Waals surface area contributed by atoms with Gasteiger partial charge in [-0.3, -0.25) is 14.9 Å². The van der Waals surface area contributed by atoms with Crippen molar-refractivity contribution in [2.45, 2.75) is 12.8 Å². The summed E-state index contributed by atoms with van der Waals surface area (Å²) >= 11 is 0. The van der Waals surface area contributed by atoms with E-state index in [1.54, 1.807) is 14.1 Å². The Kier molecular flexibility index (Phi) is 5.92. The SMILES string of the molecule is CN(C)C(=O)c1ccc([N+](=O)[O-])c(NCCCCN)c1. The summed E-state index contributed by atoms with van der Waals surface area (Å²) < 4.78 is 0. The van der Waals surface area contributed by atoms with Gasteiger partial charge in [0.05, 0.1) is 4.92 Å². The maximum atomic E-state index is 11.9. The van der Waals surface area contributed by atoms with Crippen LogP contribution in [0.4, 0.5) is 11.4 Å². The Morgan fingerprint density at radius 3 is 2.65 bits per heavy atom. The molecule has 0 heterocycles. The number of unbranched alkanes of at least 4 members (excludes halogenated alkanes) is 1. The van der Waals surface area contributed by atoms with Crippen molar-refractivity contribution in [3.05, 3.63) is 33.9 Å². The topological polar surface area (TPSA) is 102 Å². The van der Waals surface area contributed by atoms with Crippen LogP contribution in [0.5, 0.6) is 0 Å². The molecule has 0 fully saturated rings. The number of anilines is 1. The van der Waals surface area contributed by atoms with Crippen molar-refractivity contribution in [3.8, 4) is 0 Å². The highest BCUT2D eigenvalue weighted by atomic mass is 16.6. The van der Waals surface area contributed by atoms with Gasteiger partial charge in [-0.1, -0.05) is 0 Å². The van der Waals surface area contributed by atoms with Crippen LogP contribution in [0.1, 0.15) is 23.2 Å². The highest BCUT2D eigenvalue weighted by Gasteiger charge is 2.17. The monoisotopic (exact) mass is 280 g/mol. The second-order valence-corrected chi connectivity index (χ2v) is 4.61. The van der Waals surface area contributed by atoms with Gasteiger partial charge >= 0.3 is 0 Å². The molecular weight excluding hydrogens is 260 g/mol. The lowest BCUT2D eigenvalue weighted by atomic mass is 10.1. The van der Waals surface area contributed by atoms with Gasteiger partial charge in [0.15, 0.2) is 0 Å². The van der Waals surface area contributed by atoms with Gasteiger partial charge in [0.25, 0.3) is 11.6 Å². The maximum absolute atomic E-state index is 11.9. The Bertz CT molecular complexity index is 489. The summed E-state index contributed by atoms with van der Waals surface area (Å²) in [7, 11) is 3.27. The standard InChI is InChI=1S/C13H20N4O3/c1-16(2)13(18)10-5-6-12(17(19)20)11(9-10)15-8-4-3-7-14/h5-6,9,15H,3-4,7-8,14H2,1-2H3. The van der Waals surface area contributed by atoms with Crippen molar-refractivity contribution in [1.29, 1.82) is 0 Å². The largest absolute Gasteiger partial charge is 0.379 e. The first-order chi connectivity index (χ1) is 9.47. The summed E-state index contributed by atoms with van der Waals surface area (Å²) in [5.41, 5.74) is 6.14. The molecule has 0 unspecified atom stereocenters. The van der Waals surface area contributed by atoms with E-state index in [1.807, 2.05) is 0 Å². The fourth-order valence-electron chi connectivity index (χ4n) is 1.72. The first-order valence-electron chi connectivity index (χ1n) is 6.41. The van der Waals surface area contributed by atoms with Crippen LogP contribution in [0.2, 0.25) is 0 Å². The highest BCUT2D eigenvalue weighted by molar-refractivity contribution is 5.95. The van der Waals surface area contributed by atoms with Crippen molar-refractivity contribution in [1.82, 2.24) is 4.90 Å². The number of hydrogen-bond donors (Lipinski definition) is 2. The molecule has 0 aromatic heterocycles. The number of amides is 1. The van der Waals surface area contributed by atoms with Crippen molar-refractivity contribution in [3.63, 3.8) is 0 Å².